The molecule has 244 valence electrons. The number of carbonyl (C=O) groups excluding carboxylic acids is 1. The fraction of sp³-hybridized carbons (Fsp3) is 0.486. The normalized spacial score (nSPS) is 24.7. The number of rotatable bonds is 6. The third kappa shape index (κ3) is 4.89. The first-order chi connectivity index (χ1) is 22.8. The molecule has 4 fully saturated rings. The van der Waals surface area contributed by atoms with Crippen LogP contribution < -0.4 is 14.5 Å². The molecule has 1 unspecified atom stereocenters. The zero-order valence-electron chi connectivity index (χ0n) is 26.9. The summed E-state index contributed by atoms with van der Waals surface area (Å²) in [5.74, 6) is 3.41. The van der Waals surface area contributed by atoms with Crippen LogP contribution in [-0.4, -0.2) is 87.7 Å². The Morgan fingerprint density at radius 2 is 2.00 bits per heavy atom. The van der Waals surface area contributed by atoms with Crippen LogP contribution in [0.15, 0.2) is 36.9 Å². The minimum atomic E-state index is -0.463. The van der Waals surface area contributed by atoms with Gasteiger partial charge in [0.2, 0.25) is 5.91 Å². The largest absolute Gasteiger partial charge is 0.508 e. The molecule has 0 radical (unpaired) electrons. The number of nitrogens with zero attached hydrogens (tertiary/aromatic N) is 6. The number of phenols is 1. The lowest BCUT2D eigenvalue weighted by atomic mass is 9.95. The predicted molar refractivity (Wildman–Crippen MR) is 179 cm³/mol. The van der Waals surface area contributed by atoms with Crippen LogP contribution >= 0.6 is 0 Å². The van der Waals surface area contributed by atoms with Crippen LogP contribution in [0.25, 0.3) is 10.8 Å². The second-order valence-corrected chi connectivity index (χ2v) is 14.1. The number of hydrogen-bond acceptors (Lipinski definition) is 8. The van der Waals surface area contributed by atoms with Crippen molar-refractivity contribution in [2.24, 2.45) is 5.92 Å². The fourth-order valence-corrected chi connectivity index (χ4v) is 9.23. The molecular formula is C37H41FN6O3. The van der Waals surface area contributed by atoms with Crippen molar-refractivity contribution in [1.29, 1.82) is 0 Å². The average Bonchev–Trinajstić information content (AvgIpc) is 3.71. The van der Waals surface area contributed by atoms with E-state index in [1.165, 1.54) is 25.0 Å². The van der Waals surface area contributed by atoms with Gasteiger partial charge in [0.25, 0.3) is 0 Å². The van der Waals surface area contributed by atoms with Gasteiger partial charge in [-0.25, -0.2) is 4.39 Å². The third-order valence-electron chi connectivity index (χ3n) is 11.4. The lowest BCUT2D eigenvalue weighted by Crippen LogP contribution is -2.56. The summed E-state index contributed by atoms with van der Waals surface area (Å²) in [6, 6.07) is 6.81. The van der Waals surface area contributed by atoms with E-state index in [0.29, 0.717) is 67.6 Å². The number of amides is 1. The average molecular weight is 637 g/mol. The molecule has 3 atom stereocenters. The Bertz CT molecular complexity index is 1810. The summed E-state index contributed by atoms with van der Waals surface area (Å²) in [5, 5.41) is 12.0. The number of ether oxygens (including phenoxy) is 1. The molecule has 1 aromatic heterocycles. The molecule has 8 rings (SSSR count). The van der Waals surface area contributed by atoms with Crippen molar-refractivity contribution in [2.45, 2.75) is 69.6 Å². The van der Waals surface area contributed by atoms with Crippen LogP contribution in [0, 0.1) is 24.1 Å². The Morgan fingerprint density at radius 3 is 2.74 bits per heavy atom. The van der Waals surface area contributed by atoms with Crippen molar-refractivity contribution in [3.63, 3.8) is 0 Å². The number of carbonyl (C=O) groups is 1. The molecule has 0 spiro atoms. The molecule has 5 aliphatic rings. The van der Waals surface area contributed by atoms with E-state index in [4.69, 9.17) is 21.1 Å². The molecule has 4 saturated heterocycles. The Hall–Kier alpha value is -4.36. The second kappa shape index (κ2) is 11.4. The molecule has 1 N–H and O–H groups in total. The van der Waals surface area contributed by atoms with Crippen molar-refractivity contribution in [1.82, 2.24) is 19.8 Å². The van der Waals surface area contributed by atoms with Gasteiger partial charge < -0.3 is 24.5 Å². The van der Waals surface area contributed by atoms with Crippen LogP contribution in [0.5, 0.6) is 11.8 Å². The number of benzene rings is 2. The number of aromatic nitrogens is 2. The van der Waals surface area contributed by atoms with Gasteiger partial charge in [-0.15, -0.1) is 6.42 Å². The molecular weight excluding hydrogens is 595 g/mol. The molecule has 47 heavy (non-hydrogen) atoms. The van der Waals surface area contributed by atoms with Crippen molar-refractivity contribution >= 4 is 28.2 Å². The van der Waals surface area contributed by atoms with Crippen LogP contribution in [0.4, 0.5) is 15.9 Å². The zero-order chi connectivity index (χ0) is 32.4. The SMILES string of the molecule is C#Cc1c(F)ccc2cc(O)cc(N3CCc4c(nc(OCC56CCCN5CCC6)nc4N4C[C@H]5CC(C)[C@@H](C4)N5C(=O)C=C)C3)c12. The van der Waals surface area contributed by atoms with E-state index in [-0.39, 0.29) is 34.8 Å². The van der Waals surface area contributed by atoms with Crippen LogP contribution in [0.2, 0.25) is 0 Å². The lowest BCUT2D eigenvalue weighted by molar-refractivity contribution is -0.129. The summed E-state index contributed by atoms with van der Waals surface area (Å²) in [4.78, 5) is 32.0. The molecule has 0 aliphatic carbocycles. The number of terminal acetylenes is 1. The lowest BCUT2D eigenvalue weighted by Gasteiger charge is -2.43. The highest BCUT2D eigenvalue weighted by atomic mass is 19.1. The van der Waals surface area contributed by atoms with Gasteiger partial charge in [-0.05, 0) is 81.1 Å². The molecule has 2 aromatic carbocycles. The molecule has 2 bridgehead atoms. The van der Waals surface area contributed by atoms with Gasteiger partial charge in [-0.2, -0.15) is 9.97 Å². The van der Waals surface area contributed by atoms with Gasteiger partial charge in [0.05, 0.1) is 35.4 Å². The van der Waals surface area contributed by atoms with Crippen LogP contribution in [0.3, 0.4) is 0 Å². The fourth-order valence-electron chi connectivity index (χ4n) is 9.23. The van der Waals surface area contributed by atoms with Crippen molar-refractivity contribution in [3.05, 3.63) is 59.6 Å². The smallest absolute Gasteiger partial charge is 0.318 e. The first kappa shape index (κ1) is 30.0. The molecule has 1 amide bonds. The van der Waals surface area contributed by atoms with Gasteiger partial charge in [0.1, 0.15) is 24.0 Å². The van der Waals surface area contributed by atoms with E-state index < -0.39 is 5.82 Å². The minimum Gasteiger partial charge on any atom is -0.508 e. The Morgan fingerprint density at radius 1 is 1.19 bits per heavy atom. The number of hydrogen-bond donors (Lipinski definition) is 1. The summed E-state index contributed by atoms with van der Waals surface area (Å²) < 4.78 is 21.5. The predicted octanol–water partition coefficient (Wildman–Crippen LogP) is 4.64. The van der Waals surface area contributed by atoms with Gasteiger partial charge in [-0.1, -0.05) is 25.5 Å². The summed E-state index contributed by atoms with van der Waals surface area (Å²) >= 11 is 0. The molecule has 9 nitrogen and oxygen atoms in total. The highest BCUT2D eigenvalue weighted by Crippen LogP contribution is 2.42. The zero-order valence-corrected chi connectivity index (χ0v) is 26.9. The monoisotopic (exact) mass is 636 g/mol. The molecule has 3 aromatic rings. The summed E-state index contributed by atoms with van der Waals surface area (Å²) in [6.45, 7) is 11.2. The van der Waals surface area contributed by atoms with E-state index in [2.05, 4.69) is 34.1 Å². The number of halogens is 1. The summed E-state index contributed by atoms with van der Waals surface area (Å²) in [6.07, 6.45) is 13.4. The van der Waals surface area contributed by atoms with Crippen molar-refractivity contribution in [3.8, 4) is 24.1 Å². The van der Waals surface area contributed by atoms with Crippen molar-refractivity contribution < 1.29 is 19.0 Å². The van der Waals surface area contributed by atoms with Crippen LogP contribution in [-0.2, 0) is 17.8 Å². The number of aromatic hydroxyl groups is 1. The molecule has 6 heterocycles. The maximum atomic E-state index is 14.9. The quantitative estimate of drug-likeness (QED) is 0.310. The Kier molecular flexibility index (Phi) is 7.28. The van der Waals surface area contributed by atoms with Gasteiger partial charge in [-0.3, -0.25) is 9.69 Å². The summed E-state index contributed by atoms with van der Waals surface area (Å²) in [5.41, 5.74) is 2.83. The van der Waals surface area contributed by atoms with E-state index in [9.17, 15) is 14.3 Å². The molecule has 0 saturated carbocycles. The van der Waals surface area contributed by atoms with E-state index in [1.807, 2.05) is 4.90 Å². The third-order valence-corrected chi connectivity index (χ3v) is 11.4. The molecule has 10 heteroatoms. The van der Waals surface area contributed by atoms with E-state index >= 15 is 0 Å². The van der Waals surface area contributed by atoms with E-state index in [1.54, 1.807) is 18.2 Å². The first-order valence-corrected chi connectivity index (χ1v) is 16.9. The van der Waals surface area contributed by atoms with Crippen LogP contribution in [0.1, 0.15) is 55.8 Å². The highest BCUT2D eigenvalue weighted by molar-refractivity contribution is 6.00. The highest BCUT2D eigenvalue weighted by Gasteiger charge is 2.48. The van der Waals surface area contributed by atoms with Gasteiger partial charge in [0.15, 0.2) is 0 Å². The first-order valence-electron chi connectivity index (χ1n) is 16.9. The summed E-state index contributed by atoms with van der Waals surface area (Å²) in [7, 11) is 0. The minimum absolute atomic E-state index is 0.00793. The maximum Gasteiger partial charge on any atom is 0.318 e. The number of anilines is 2. The van der Waals surface area contributed by atoms with Gasteiger partial charge >= 0.3 is 6.01 Å². The maximum absolute atomic E-state index is 14.9. The second-order valence-electron chi connectivity index (χ2n) is 14.1. The number of piperazine rings is 1. The van der Waals surface area contributed by atoms with E-state index in [0.717, 1.165) is 49.4 Å². The molecule has 5 aliphatic heterocycles. The Labute approximate surface area is 275 Å². The Balaban J connectivity index is 1.17. The topological polar surface area (TPSA) is 85.3 Å². The van der Waals surface area contributed by atoms with Crippen molar-refractivity contribution in [2.75, 3.05) is 49.1 Å². The number of phenolic OH excluding ortho intramolecular Hbond substituents is 1. The standard InChI is InChI=1S/C37H41FN6O3/c1-4-27-29(38)9-8-24-17-26(45)18-31(34(24)27)41-15-10-28-30(20-41)39-36(47-22-37-11-6-13-43(37)14-7-12-37)40-35(28)42-19-25-16-23(3)32(21-42)44(25)33(46)5-2/h1,5,8-9,17-18,23,25,32,45H,2,6-7,10-16,19-22H2,3H3/t23?,25-,32-/m1/s1. The van der Waals surface area contributed by atoms with Gasteiger partial charge in [0, 0.05) is 42.3 Å². The number of fused-ring (bicyclic) bond motifs is 5.